The molecular formula is C12H19NO3S. The molecule has 4 nitrogen and oxygen atoms in total. The molecule has 0 fully saturated rings. The van der Waals surface area contributed by atoms with Crippen LogP contribution in [0.2, 0.25) is 0 Å². The molecule has 0 saturated carbocycles. The number of benzene rings is 1. The van der Waals surface area contributed by atoms with Gasteiger partial charge in [0.25, 0.3) is 0 Å². The predicted molar refractivity (Wildman–Crippen MR) is 67.1 cm³/mol. The quantitative estimate of drug-likeness (QED) is 0.838. The molecule has 0 radical (unpaired) electrons. The van der Waals surface area contributed by atoms with E-state index in [1.54, 1.807) is 18.2 Å². The molecule has 3 N–H and O–H groups in total. The van der Waals surface area contributed by atoms with Crippen LogP contribution in [0.15, 0.2) is 29.2 Å². The Kier molecular flexibility index (Phi) is 4.68. The number of rotatable bonds is 5. The van der Waals surface area contributed by atoms with Gasteiger partial charge in [-0.3, -0.25) is 0 Å². The van der Waals surface area contributed by atoms with Crippen molar-refractivity contribution in [1.29, 1.82) is 0 Å². The first kappa shape index (κ1) is 14.2. The average Bonchev–Trinajstić information content (AvgIpc) is 2.24. The number of hydrogen-bond donors (Lipinski definition) is 2. The second-order valence-corrected chi connectivity index (χ2v) is 6.12. The van der Waals surface area contributed by atoms with Gasteiger partial charge in [0.15, 0.2) is 0 Å². The number of hydrogen-bond acceptors (Lipinski definition) is 3. The molecule has 1 aromatic carbocycles. The van der Waals surface area contributed by atoms with E-state index in [2.05, 4.69) is 0 Å². The van der Waals surface area contributed by atoms with Crippen molar-refractivity contribution < 1.29 is 13.5 Å². The molecule has 0 amide bonds. The Balaban J connectivity index is 3.20. The van der Waals surface area contributed by atoms with Gasteiger partial charge in [-0.15, -0.1) is 0 Å². The fourth-order valence-corrected chi connectivity index (χ4v) is 2.78. The van der Waals surface area contributed by atoms with Gasteiger partial charge in [0.1, 0.15) is 0 Å². The Bertz CT molecular complexity index is 468. The summed E-state index contributed by atoms with van der Waals surface area (Å²) in [5.74, 6) is 0.185. The third-order valence-corrected chi connectivity index (χ3v) is 3.63. The highest BCUT2D eigenvalue weighted by atomic mass is 32.2. The summed E-state index contributed by atoms with van der Waals surface area (Å²) in [6.07, 6.45) is 0.725. The minimum Gasteiger partial charge on any atom is -0.396 e. The lowest BCUT2D eigenvalue weighted by Crippen LogP contribution is -2.18. The van der Waals surface area contributed by atoms with Crippen LogP contribution < -0.4 is 5.14 Å². The second kappa shape index (κ2) is 5.62. The lowest BCUT2D eigenvalue weighted by atomic mass is 9.91. The highest BCUT2D eigenvalue weighted by molar-refractivity contribution is 7.89. The molecule has 1 aromatic rings. The minimum absolute atomic E-state index is 0.0787. The number of sulfonamides is 1. The summed E-state index contributed by atoms with van der Waals surface area (Å²) < 4.78 is 22.9. The molecule has 0 aliphatic carbocycles. The van der Waals surface area contributed by atoms with Crippen LogP contribution in [0.4, 0.5) is 0 Å². The zero-order valence-corrected chi connectivity index (χ0v) is 10.9. The summed E-state index contributed by atoms with van der Waals surface area (Å²) in [5.41, 5.74) is 0.603. The third-order valence-electron chi connectivity index (χ3n) is 2.64. The molecule has 96 valence electrons. The Labute approximate surface area is 103 Å². The van der Waals surface area contributed by atoms with E-state index in [9.17, 15) is 13.5 Å². The van der Waals surface area contributed by atoms with Crippen LogP contribution >= 0.6 is 0 Å². The smallest absolute Gasteiger partial charge is 0.238 e. The van der Waals surface area contributed by atoms with E-state index >= 15 is 0 Å². The van der Waals surface area contributed by atoms with E-state index < -0.39 is 10.0 Å². The molecule has 0 aliphatic heterocycles. The van der Waals surface area contributed by atoms with Crippen LogP contribution in [0, 0.1) is 5.92 Å². The van der Waals surface area contributed by atoms with Crippen molar-refractivity contribution in [1.82, 2.24) is 0 Å². The Morgan fingerprint density at radius 1 is 1.29 bits per heavy atom. The van der Waals surface area contributed by atoms with Crippen LogP contribution in [-0.2, 0) is 10.0 Å². The van der Waals surface area contributed by atoms with Gasteiger partial charge < -0.3 is 5.11 Å². The lowest BCUT2D eigenvalue weighted by molar-refractivity contribution is 0.247. The van der Waals surface area contributed by atoms with Crippen molar-refractivity contribution in [3.05, 3.63) is 29.8 Å². The van der Waals surface area contributed by atoms with E-state index in [4.69, 9.17) is 5.14 Å². The molecule has 17 heavy (non-hydrogen) atoms. The van der Waals surface area contributed by atoms with Gasteiger partial charge in [-0.25, -0.2) is 13.6 Å². The third kappa shape index (κ3) is 3.80. The normalized spacial score (nSPS) is 13.9. The van der Waals surface area contributed by atoms with Crippen molar-refractivity contribution in [3.63, 3.8) is 0 Å². The van der Waals surface area contributed by atoms with Gasteiger partial charge in [0.05, 0.1) is 4.90 Å². The van der Waals surface area contributed by atoms with Crippen LogP contribution in [0.3, 0.4) is 0 Å². The number of nitrogens with two attached hydrogens (primary N) is 1. The zero-order chi connectivity index (χ0) is 13.1. The molecule has 1 atom stereocenters. The van der Waals surface area contributed by atoms with Crippen LogP contribution in [-0.4, -0.2) is 20.1 Å². The molecule has 0 bridgehead atoms. The standard InChI is InChI=1S/C12H19NO3S/c1-9(2)7-10(8-14)11-5-3-4-6-12(11)17(13,15)16/h3-6,9-10,14H,7-8H2,1-2H3,(H2,13,15,16)/t10-/m1/s1. The number of aliphatic hydroxyl groups is 1. The zero-order valence-electron chi connectivity index (χ0n) is 10.1. The van der Waals surface area contributed by atoms with E-state index in [1.165, 1.54) is 6.07 Å². The van der Waals surface area contributed by atoms with Crippen molar-refractivity contribution >= 4 is 10.0 Å². The van der Waals surface area contributed by atoms with Crippen molar-refractivity contribution in [2.75, 3.05) is 6.61 Å². The molecule has 0 unspecified atom stereocenters. The van der Waals surface area contributed by atoms with Crippen LogP contribution in [0.25, 0.3) is 0 Å². The van der Waals surface area contributed by atoms with Crippen LogP contribution in [0.5, 0.6) is 0 Å². The maximum absolute atomic E-state index is 11.5. The molecule has 0 aromatic heterocycles. The molecule has 0 aliphatic rings. The van der Waals surface area contributed by atoms with Gasteiger partial charge in [-0.1, -0.05) is 32.0 Å². The monoisotopic (exact) mass is 257 g/mol. The fraction of sp³-hybridized carbons (Fsp3) is 0.500. The Hall–Kier alpha value is -0.910. The lowest BCUT2D eigenvalue weighted by Gasteiger charge is -2.19. The first-order valence-electron chi connectivity index (χ1n) is 5.58. The maximum Gasteiger partial charge on any atom is 0.238 e. The highest BCUT2D eigenvalue weighted by Gasteiger charge is 2.20. The van der Waals surface area contributed by atoms with Crippen molar-refractivity contribution in [3.8, 4) is 0 Å². The predicted octanol–water partition coefficient (Wildman–Crippen LogP) is 1.46. The van der Waals surface area contributed by atoms with Gasteiger partial charge in [-0.05, 0) is 24.0 Å². The fourth-order valence-electron chi connectivity index (χ4n) is 1.95. The maximum atomic E-state index is 11.5. The number of aliphatic hydroxyl groups excluding tert-OH is 1. The average molecular weight is 257 g/mol. The summed E-state index contributed by atoms with van der Waals surface area (Å²) in [6.45, 7) is 3.98. The molecule has 0 spiro atoms. The van der Waals surface area contributed by atoms with Gasteiger partial charge in [0.2, 0.25) is 10.0 Å². The van der Waals surface area contributed by atoms with E-state index in [-0.39, 0.29) is 17.4 Å². The van der Waals surface area contributed by atoms with Gasteiger partial charge in [0, 0.05) is 12.5 Å². The molecule has 5 heteroatoms. The van der Waals surface area contributed by atoms with Crippen molar-refractivity contribution in [2.24, 2.45) is 11.1 Å². The number of primary sulfonamides is 1. The van der Waals surface area contributed by atoms with E-state index in [0.29, 0.717) is 11.5 Å². The summed E-state index contributed by atoms with van der Waals surface area (Å²) in [4.78, 5) is 0.111. The first-order chi connectivity index (χ1) is 7.86. The minimum atomic E-state index is -3.74. The van der Waals surface area contributed by atoms with E-state index in [0.717, 1.165) is 6.42 Å². The molecule has 0 heterocycles. The summed E-state index contributed by atoms with van der Waals surface area (Å²) in [6, 6.07) is 6.58. The van der Waals surface area contributed by atoms with Gasteiger partial charge >= 0.3 is 0 Å². The Morgan fingerprint density at radius 3 is 2.35 bits per heavy atom. The highest BCUT2D eigenvalue weighted by Crippen LogP contribution is 2.28. The molecule has 0 saturated heterocycles. The van der Waals surface area contributed by atoms with Crippen LogP contribution in [0.1, 0.15) is 31.7 Å². The van der Waals surface area contributed by atoms with E-state index in [1.807, 2.05) is 13.8 Å². The van der Waals surface area contributed by atoms with Crippen molar-refractivity contribution in [2.45, 2.75) is 31.1 Å². The largest absolute Gasteiger partial charge is 0.396 e. The Morgan fingerprint density at radius 2 is 1.88 bits per heavy atom. The first-order valence-corrected chi connectivity index (χ1v) is 7.13. The summed E-state index contributed by atoms with van der Waals surface area (Å²) in [5, 5.41) is 14.6. The topological polar surface area (TPSA) is 80.4 Å². The SMILES string of the molecule is CC(C)C[C@H](CO)c1ccccc1S(N)(=O)=O. The summed E-state index contributed by atoms with van der Waals surface area (Å²) >= 11 is 0. The van der Waals surface area contributed by atoms with Gasteiger partial charge in [-0.2, -0.15) is 0 Å². The second-order valence-electron chi connectivity index (χ2n) is 4.59. The molecule has 1 rings (SSSR count). The molecular weight excluding hydrogens is 238 g/mol. The summed E-state index contributed by atoms with van der Waals surface area (Å²) in [7, 11) is -3.74.